The van der Waals surface area contributed by atoms with Crippen LogP contribution in [0.4, 0.5) is 0 Å². The number of phenols is 1. The molecule has 4 atom stereocenters. The molecule has 0 aliphatic carbocycles. The number of hydrogen-bond acceptors (Lipinski definition) is 8. The molecule has 13 heteroatoms. The van der Waals surface area contributed by atoms with Gasteiger partial charge in [0, 0.05) is 5.75 Å². The molecule has 1 aromatic carbocycles. The van der Waals surface area contributed by atoms with Gasteiger partial charge < -0.3 is 37.0 Å². The van der Waals surface area contributed by atoms with Crippen molar-refractivity contribution in [2.24, 2.45) is 11.7 Å². The molecule has 194 valence electrons. The molecule has 8 N–H and O–H groups in total. The van der Waals surface area contributed by atoms with Crippen molar-refractivity contribution in [3.63, 3.8) is 0 Å². The highest BCUT2D eigenvalue weighted by Gasteiger charge is 2.31. The van der Waals surface area contributed by atoms with Gasteiger partial charge in [-0.2, -0.15) is 12.6 Å². The van der Waals surface area contributed by atoms with E-state index in [4.69, 9.17) is 15.9 Å². The van der Waals surface area contributed by atoms with Gasteiger partial charge in [0.25, 0.3) is 0 Å². The maximum absolute atomic E-state index is 12.9. The zero-order valence-corrected chi connectivity index (χ0v) is 20.3. The van der Waals surface area contributed by atoms with E-state index in [0.29, 0.717) is 5.56 Å². The van der Waals surface area contributed by atoms with Crippen LogP contribution in [0.2, 0.25) is 0 Å². The van der Waals surface area contributed by atoms with Crippen LogP contribution < -0.4 is 21.7 Å². The van der Waals surface area contributed by atoms with Gasteiger partial charge in [0.2, 0.25) is 17.7 Å². The lowest BCUT2D eigenvalue weighted by atomic mass is 10.0. The fourth-order valence-electron chi connectivity index (χ4n) is 3.07. The second kappa shape index (κ2) is 14.2. The average molecular weight is 513 g/mol. The number of aliphatic carboxylic acids is 2. The first kappa shape index (κ1) is 29.7. The minimum absolute atomic E-state index is 0.0189. The Kier molecular flexibility index (Phi) is 12.0. The number of hydrogen-bond donors (Lipinski definition) is 8. The van der Waals surface area contributed by atoms with Gasteiger partial charge in [-0.3, -0.25) is 19.2 Å². The largest absolute Gasteiger partial charge is 0.508 e. The quantitative estimate of drug-likeness (QED) is 0.147. The maximum atomic E-state index is 12.9. The number of carboxylic acid groups (broad SMARTS) is 2. The molecule has 12 nitrogen and oxygen atoms in total. The highest BCUT2D eigenvalue weighted by Crippen LogP contribution is 2.12. The Bertz CT molecular complexity index is 909. The van der Waals surface area contributed by atoms with E-state index in [1.807, 2.05) is 13.8 Å². The minimum Gasteiger partial charge on any atom is -0.508 e. The molecular weight excluding hydrogens is 480 g/mol. The lowest BCUT2D eigenvalue weighted by Crippen LogP contribution is -2.58. The van der Waals surface area contributed by atoms with Crippen LogP contribution in [-0.2, 0) is 30.4 Å². The van der Waals surface area contributed by atoms with E-state index >= 15 is 0 Å². The Hall–Kier alpha value is -3.32. The molecule has 1 rings (SSSR count). The van der Waals surface area contributed by atoms with Crippen LogP contribution in [0.1, 0.15) is 32.3 Å². The Morgan fingerprint density at radius 2 is 1.40 bits per heavy atom. The molecule has 35 heavy (non-hydrogen) atoms. The SMILES string of the molecule is CC(C)CC(NC(=O)C(N)Cc1ccc(O)cc1)C(=O)NC(CS)C(=O)NC(CC(=O)O)C(=O)O. The third-order valence-corrected chi connectivity index (χ3v) is 5.24. The van der Waals surface area contributed by atoms with Gasteiger partial charge in [-0.15, -0.1) is 0 Å². The normalized spacial score (nSPS) is 14.3. The number of nitrogens with one attached hydrogen (secondary N) is 3. The highest BCUT2D eigenvalue weighted by atomic mass is 32.1. The number of thiol groups is 1. The van der Waals surface area contributed by atoms with Crippen molar-refractivity contribution in [2.75, 3.05) is 5.75 Å². The Morgan fingerprint density at radius 1 is 0.886 bits per heavy atom. The molecule has 0 saturated heterocycles. The number of benzene rings is 1. The fraction of sp³-hybridized carbons (Fsp3) is 0.500. The van der Waals surface area contributed by atoms with Crippen molar-refractivity contribution in [1.29, 1.82) is 0 Å². The molecule has 3 amide bonds. The van der Waals surface area contributed by atoms with Crippen molar-refractivity contribution in [3.8, 4) is 5.75 Å². The van der Waals surface area contributed by atoms with Crippen LogP contribution >= 0.6 is 12.6 Å². The molecule has 0 saturated carbocycles. The molecule has 0 aliphatic heterocycles. The van der Waals surface area contributed by atoms with E-state index < -0.39 is 60.2 Å². The smallest absolute Gasteiger partial charge is 0.326 e. The van der Waals surface area contributed by atoms with E-state index in [9.17, 15) is 29.1 Å². The number of carbonyl (C=O) groups excluding carboxylic acids is 3. The third kappa shape index (κ3) is 10.6. The zero-order chi connectivity index (χ0) is 26.7. The van der Waals surface area contributed by atoms with E-state index in [1.165, 1.54) is 12.1 Å². The molecular formula is C22H32N4O8S. The van der Waals surface area contributed by atoms with Gasteiger partial charge in [0.1, 0.15) is 23.9 Å². The number of rotatable bonds is 14. The Labute approximate surface area is 208 Å². The minimum atomic E-state index is -1.69. The zero-order valence-electron chi connectivity index (χ0n) is 19.4. The summed E-state index contributed by atoms with van der Waals surface area (Å²) in [6.07, 6.45) is -0.468. The predicted molar refractivity (Wildman–Crippen MR) is 129 cm³/mol. The number of carbonyl (C=O) groups is 5. The van der Waals surface area contributed by atoms with Gasteiger partial charge in [-0.05, 0) is 36.5 Å². The Morgan fingerprint density at radius 3 is 1.89 bits per heavy atom. The lowest BCUT2D eigenvalue weighted by Gasteiger charge is -2.25. The monoisotopic (exact) mass is 512 g/mol. The first-order valence-electron chi connectivity index (χ1n) is 10.8. The molecule has 0 radical (unpaired) electrons. The van der Waals surface area contributed by atoms with Crippen molar-refractivity contribution < 1.29 is 39.3 Å². The molecule has 0 aliphatic rings. The van der Waals surface area contributed by atoms with Crippen molar-refractivity contribution in [1.82, 2.24) is 16.0 Å². The number of nitrogens with two attached hydrogens (primary N) is 1. The third-order valence-electron chi connectivity index (χ3n) is 4.88. The highest BCUT2D eigenvalue weighted by molar-refractivity contribution is 7.80. The van der Waals surface area contributed by atoms with E-state index in [0.717, 1.165) is 0 Å². The summed E-state index contributed by atoms with van der Waals surface area (Å²) in [5.74, 6) is -5.36. The number of phenolic OH excluding ortho intramolecular Hbond substituents is 1. The lowest BCUT2D eigenvalue weighted by molar-refractivity contribution is -0.147. The van der Waals surface area contributed by atoms with Gasteiger partial charge >= 0.3 is 11.9 Å². The van der Waals surface area contributed by atoms with E-state index in [2.05, 4.69) is 28.6 Å². The Balaban J connectivity index is 2.86. The van der Waals surface area contributed by atoms with Crippen molar-refractivity contribution in [3.05, 3.63) is 29.8 Å². The topological polar surface area (TPSA) is 208 Å². The molecule has 0 bridgehead atoms. The van der Waals surface area contributed by atoms with Gasteiger partial charge in [-0.1, -0.05) is 26.0 Å². The number of aromatic hydroxyl groups is 1. The van der Waals surface area contributed by atoms with Crippen LogP contribution in [0.3, 0.4) is 0 Å². The molecule has 1 aromatic rings. The van der Waals surface area contributed by atoms with Gasteiger partial charge in [-0.25, -0.2) is 4.79 Å². The fourth-order valence-corrected chi connectivity index (χ4v) is 3.33. The summed E-state index contributed by atoms with van der Waals surface area (Å²) in [6, 6.07) is 1.15. The van der Waals surface area contributed by atoms with E-state index in [1.54, 1.807) is 12.1 Å². The van der Waals surface area contributed by atoms with Crippen LogP contribution in [-0.4, -0.2) is 74.9 Å². The standard InChI is InChI=1S/C22H32N4O8S/c1-11(2)7-15(24-19(30)14(23)8-12-3-5-13(27)6-4-12)20(31)26-17(10-35)21(32)25-16(22(33)34)9-18(28)29/h3-6,11,14-17,27,35H,7-10,23H2,1-2H3,(H,24,30)(H,25,32)(H,26,31)(H,28,29)(H,33,34). The molecule has 0 fully saturated rings. The van der Waals surface area contributed by atoms with Crippen LogP contribution in [0.15, 0.2) is 24.3 Å². The summed E-state index contributed by atoms with van der Waals surface area (Å²) in [7, 11) is 0. The molecule has 4 unspecified atom stereocenters. The molecule has 0 aromatic heterocycles. The van der Waals surface area contributed by atoms with Crippen LogP contribution in [0.25, 0.3) is 0 Å². The first-order chi connectivity index (χ1) is 16.3. The van der Waals surface area contributed by atoms with E-state index in [-0.39, 0.29) is 30.3 Å². The van der Waals surface area contributed by atoms with Crippen molar-refractivity contribution in [2.45, 2.75) is 57.3 Å². The average Bonchev–Trinajstić information content (AvgIpc) is 2.76. The summed E-state index contributed by atoms with van der Waals surface area (Å²) < 4.78 is 0. The van der Waals surface area contributed by atoms with Crippen molar-refractivity contribution >= 4 is 42.3 Å². The number of carboxylic acids is 2. The summed E-state index contributed by atoms with van der Waals surface area (Å²) in [5.41, 5.74) is 6.68. The first-order valence-corrected chi connectivity index (χ1v) is 11.5. The maximum Gasteiger partial charge on any atom is 0.326 e. The number of amides is 3. The second-order valence-corrected chi connectivity index (χ2v) is 8.77. The summed E-state index contributed by atoms with van der Waals surface area (Å²) in [4.78, 5) is 60.0. The summed E-state index contributed by atoms with van der Waals surface area (Å²) >= 11 is 4.01. The summed E-state index contributed by atoms with van der Waals surface area (Å²) in [5, 5.41) is 34.4. The molecule has 0 heterocycles. The second-order valence-electron chi connectivity index (χ2n) is 8.41. The summed E-state index contributed by atoms with van der Waals surface area (Å²) in [6.45, 7) is 3.66. The van der Waals surface area contributed by atoms with Crippen LogP contribution in [0, 0.1) is 5.92 Å². The predicted octanol–water partition coefficient (Wildman–Crippen LogP) is -0.748. The van der Waals surface area contributed by atoms with Gasteiger partial charge in [0.05, 0.1) is 12.5 Å². The van der Waals surface area contributed by atoms with Crippen LogP contribution in [0.5, 0.6) is 5.75 Å². The molecule has 0 spiro atoms. The van der Waals surface area contributed by atoms with Gasteiger partial charge in [0.15, 0.2) is 0 Å².